The monoisotopic (exact) mass is 441 g/mol. The van der Waals surface area contributed by atoms with E-state index < -0.39 is 6.67 Å². The molecule has 0 saturated carbocycles. The Hall–Kier alpha value is -3.98. The first kappa shape index (κ1) is 22.2. The number of hydrogen-bond donors (Lipinski definition) is 0. The summed E-state index contributed by atoms with van der Waals surface area (Å²) >= 11 is 0. The molecule has 1 amide bonds. The lowest BCUT2D eigenvalue weighted by atomic mass is 9.97. The lowest BCUT2D eigenvalue weighted by Crippen LogP contribution is -2.27. The topological polar surface area (TPSA) is 65.7 Å². The number of carbonyl (C=O) groups excluding carboxylic acids is 1. The molecule has 3 aromatic rings. The zero-order valence-corrected chi connectivity index (χ0v) is 18.6. The maximum Gasteiger partial charge on any atom is 0.254 e. The Balaban J connectivity index is 1.60. The van der Waals surface area contributed by atoms with Crippen LogP contribution in [0.3, 0.4) is 0 Å². The van der Waals surface area contributed by atoms with Crippen molar-refractivity contribution in [1.29, 1.82) is 5.26 Å². The van der Waals surface area contributed by atoms with Crippen molar-refractivity contribution >= 4 is 12.1 Å². The van der Waals surface area contributed by atoms with Crippen molar-refractivity contribution in [2.24, 2.45) is 4.99 Å². The zero-order chi connectivity index (χ0) is 23.4. The summed E-state index contributed by atoms with van der Waals surface area (Å²) in [4.78, 5) is 19.1. The van der Waals surface area contributed by atoms with Crippen LogP contribution in [0.15, 0.2) is 59.6 Å². The molecule has 1 heterocycles. The van der Waals surface area contributed by atoms with E-state index in [-0.39, 0.29) is 5.91 Å². The first-order valence-corrected chi connectivity index (χ1v) is 10.8. The number of amides is 1. The fourth-order valence-corrected chi connectivity index (χ4v) is 4.07. The molecule has 0 atom stereocenters. The summed E-state index contributed by atoms with van der Waals surface area (Å²) in [5.74, 6) is 0.448. The van der Waals surface area contributed by atoms with Crippen LogP contribution < -0.4 is 4.74 Å². The van der Waals surface area contributed by atoms with E-state index in [4.69, 9.17) is 4.74 Å². The van der Waals surface area contributed by atoms with Crippen LogP contribution in [-0.2, 0) is 19.8 Å². The smallest absolute Gasteiger partial charge is 0.254 e. The highest BCUT2D eigenvalue weighted by Crippen LogP contribution is 2.32. The van der Waals surface area contributed by atoms with Crippen LogP contribution in [0, 0.1) is 11.3 Å². The third-order valence-electron chi connectivity index (χ3n) is 5.74. The van der Waals surface area contributed by atoms with Crippen molar-refractivity contribution in [2.45, 2.75) is 26.7 Å². The summed E-state index contributed by atoms with van der Waals surface area (Å²) in [6.07, 6.45) is 1.71. The van der Waals surface area contributed by atoms with Gasteiger partial charge in [-0.25, -0.2) is 4.39 Å². The van der Waals surface area contributed by atoms with E-state index in [2.05, 4.69) is 11.1 Å². The largest absolute Gasteiger partial charge is 0.493 e. The predicted molar refractivity (Wildman–Crippen MR) is 126 cm³/mol. The molecule has 1 aliphatic rings. The summed E-state index contributed by atoms with van der Waals surface area (Å²) in [5, 5.41) is 9.21. The number of halogens is 1. The molecule has 5 nitrogen and oxygen atoms in total. The number of nitrogens with zero attached hydrogens (tertiary/aromatic N) is 3. The third-order valence-corrected chi connectivity index (χ3v) is 5.74. The van der Waals surface area contributed by atoms with Crippen LogP contribution in [0.1, 0.15) is 45.1 Å². The van der Waals surface area contributed by atoms with Crippen molar-refractivity contribution < 1.29 is 13.9 Å². The summed E-state index contributed by atoms with van der Waals surface area (Å²) < 4.78 is 19.1. The van der Waals surface area contributed by atoms with Crippen molar-refractivity contribution in [3.63, 3.8) is 0 Å². The number of carbonyl (C=O) groups is 1. The minimum atomic E-state index is -0.534. The van der Waals surface area contributed by atoms with Gasteiger partial charge in [0.05, 0.1) is 24.8 Å². The molecular weight excluding hydrogens is 417 g/mol. The highest BCUT2D eigenvalue weighted by molar-refractivity contribution is 5.95. The molecule has 0 spiro atoms. The van der Waals surface area contributed by atoms with Crippen LogP contribution >= 0.6 is 0 Å². The summed E-state index contributed by atoms with van der Waals surface area (Å²) in [7, 11) is 1.75. The lowest BCUT2D eigenvalue weighted by molar-refractivity contribution is 0.0784. The van der Waals surface area contributed by atoms with Gasteiger partial charge in [0.25, 0.3) is 5.91 Å². The Morgan fingerprint density at radius 1 is 1.18 bits per heavy atom. The second-order valence-corrected chi connectivity index (χ2v) is 7.88. The zero-order valence-electron chi connectivity index (χ0n) is 18.6. The SMILES string of the molecule is CCOc1cc(C(=O)N(C)Cc2ccc(CF)c3c2CN=C3)ccc1-c1cccc(C#N)c1. The van der Waals surface area contributed by atoms with Crippen LogP contribution in [-0.4, -0.2) is 30.7 Å². The molecule has 0 radical (unpaired) electrons. The molecule has 33 heavy (non-hydrogen) atoms. The second kappa shape index (κ2) is 9.66. The number of fused-ring (bicyclic) bond motifs is 1. The molecular formula is C27H24FN3O2. The van der Waals surface area contributed by atoms with E-state index in [0.29, 0.717) is 42.1 Å². The Kier molecular flexibility index (Phi) is 6.50. The van der Waals surface area contributed by atoms with Gasteiger partial charge in [0.2, 0.25) is 0 Å². The molecule has 0 unspecified atom stereocenters. The van der Waals surface area contributed by atoms with Gasteiger partial charge in [-0.2, -0.15) is 5.26 Å². The van der Waals surface area contributed by atoms with Gasteiger partial charge in [-0.05, 0) is 59.5 Å². The molecule has 0 bridgehead atoms. The summed E-state index contributed by atoms with van der Waals surface area (Å²) in [6.45, 7) is 2.71. The first-order chi connectivity index (χ1) is 16.0. The molecule has 166 valence electrons. The van der Waals surface area contributed by atoms with Crippen molar-refractivity contribution in [3.8, 4) is 22.9 Å². The number of aliphatic imine (C=N–C) groups is 1. The molecule has 4 rings (SSSR count). The summed E-state index contributed by atoms with van der Waals surface area (Å²) in [6, 6.07) is 18.5. The average molecular weight is 442 g/mol. The van der Waals surface area contributed by atoms with Gasteiger partial charge in [-0.1, -0.05) is 24.3 Å². The fourth-order valence-electron chi connectivity index (χ4n) is 4.07. The Morgan fingerprint density at radius 3 is 2.76 bits per heavy atom. The highest BCUT2D eigenvalue weighted by Gasteiger charge is 2.20. The van der Waals surface area contributed by atoms with Gasteiger partial charge in [-0.3, -0.25) is 9.79 Å². The van der Waals surface area contributed by atoms with Crippen LogP contribution in [0.5, 0.6) is 5.75 Å². The van der Waals surface area contributed by atoms with E-state index in [1.54, 1.807) is 48.5 Å². The number of hydrogen-bond acceptors (Lipinski definition) is 4. The van der Waals surface area contributed by atoms with Gasteiger partial charge in [0.15, 0.2) is 0 Å². The molecule has 1 aliphatic heterocycles. The van der Waals surface area contributed by atoms with E-state index in [0.717, 1.165) is 27.8 Å². The molecule has 3 aromatic carbocycles. The summed E-state index contributed by atoms with van der Waals surface area (Å²) in [5.41, 5.74) is 6.15. The van der Waals surface area contributed by atoms with E-state index in [1.807, 2.05) is 31.2 Å². The Labute approximate surface area is 192 Å². The van der Waals surface area contributed by atoms with Gasteiger partial charge in [-0.15, -0.1) is 0 Å². The van der Waals surface area contributed by atoms with Gasteiger partial charge < -0.3 is 9.64 Å². The van der Waals surface area contributed by atoms with E-state index >= 15 is 0 Å². The van der Waals surface area contributed by atoms with Crippen molar-refractivity contribution in [3.05, 3.63) is 88.0 Å². The number of rotatable bonds is 7. The molecule has 0 aromatic heterocycles. The van der Waals surface area contributed by atoms with Gasteiger partial charge in [0, 0.05) is 36.5 Å². The lowest BCUT2D eigenvalue weighted by Gasteiger charge is -2.21. The van der Waals surface area contributed by atoms with Crippen LogP contribution in [0.25, 0.3) is 11.1 Å². The molecule has 0 aliphatic carbocycles. The molecule has 6 heteroatoms. The minimum absolute atomic E-state index is 0.143. The number of alkyl halides is 1. The minimum Gasteiger partial charge on any atom is -0.493 e. The average Bonchev–Trinajstić information content (AvgIpc) is 3.34. The molecule has 0 N–H and O–H groups in total. The normalized spacial score (nSPS) is 11.7. The van der Waals surface area contributed by atoms with Crippen LogP contribution in [0.2, 0.25) is 0 Å². The first-order valence-electron chi connectivity index (χ1n) is 10.8. The maximum absolute atomic E-state index is 13.3. The molecule has 0 saturated heterocycles. The number of benzene rings is 3. The van der Waals surface area contributed by atoms with Gasteiger partial charge in [0.1, 0.15) is 12.4 Å². The Morgan fingerprint density at radius 2 is 2.00 bits per heavy atom. The number of ether oxygens (including phenoxy) is 1. The molecule has 0 fully saturated rings. The highest BCUT2D eigenvalue weighted by atomic mass is 19.1. The van der Waals surface area contributed by atoms with Crippen molar-refractivity contribution in [1.82, 2.24) is 4.90 Å². The van der Waals surface area contributed by atoms with Gasteiger partial charge >= 0.3 is 0 Å². The Bertz CT molecular complexity index is 1280. The fraction of sp³-hybridized carbons (Fsp3) is 0.222. The van der Waals surface area contributed by atoms with Crippen molar-refractivity contribution in [2.75, 3.05) is 13.7 Å². The maximum atomic E-state index is 13.3. The van der Waals surface area contributed by atoms with E-state index in [1.165, 1.54) is 0 Å². The predicted octanol–water partition coefficient (Wildman–Crippen LogP) is 5.30. The van der Waals surface area contributed by atoms with Crippen LogP contribution in [0.4, 0.5) is 4.39 Å². The number of nitriles is 1. The quantitative estimate of drug-likeness (QED) is 0.500. The standard InChI is InChI=1S/C27H24FN3O2/c1-3-33-26-12-20(9-10-23(26)19-6-4-5-18(11-19)14-29)27(32)31(2)17-22-8-7-21(13-28)24-15-30-16-25(22)24/h4-12,15H,3,13,16-17H2,1-2H3. The second-order valence-electron chi connectivity index (χ2n) is 7.88. The third kappa shape index (κ3) is 4.49. The van der Waals surface area contributed by atoms with E-state index in [9.17, 15) is 14.4 Å².